The van der Waals surface area contributed by atoms with Gasteiger partial charge in [-0.05, 0) is 63.0 Å². The molecule has 4 rings (SSSR count). The van der Waals surface area contributed by atoms with Crippen molar-refractivity contribution in [1.82, 2.24) is 10.3 Å². The summed E-state index contributed by atoms with van der Waals surface area (Å²) in [5, 5.41) is 5.25. The zero-order valence-electron chi connectivity index (χ0n) is 13.6. The Morgan fingerprint density at radius 1 is 1.12 bits per heavy atom. The highest BCUT2D eigenvalue weighted by Gasteiger charge is 2.47. The van der Waals surface area contributed by atoms with E-state index in [1.165, 1.54) is 18.4 Å². The highest BCUT2D eigenvalue weighted by Crippen LogP contribution is 2.38. The molecule has 2 amide bonds. The molecule has 2 atom stereocenters. The van der Waals surface area contributed by atoms with E-state index in [1.807, 2.05) is 6.07 Å². The molecule has 2 bridgehead atoms. The van der Waals surface area contributed by atoms with Crippen LogP contribution < -0.4 is 10.6 Å². The molecule has 0 aromatic carbocycles. The second-order valence-corrected chi connectivity index (χ2v) is 9.73. The summed E-state index contributed by atoms with van der Waals surface area (Å²) in [6.07, 6.45) is 8.64. The third kappa shape index (κ3) is 2.90. The maximum Gasteiger partial charge on any atom is 0.319 e. The van der Waals surface area contributed by atoms with Crippen molar-refractivity contribution >= 4 is 21.6 Å². The Morgan fingerprint density at radius 2 is 1.83 bits per heavy atom. The van der Waals surface area contributed by atoms with Crippen molar-refractivity contribution in [3.05, 3.63) is 23.5 Å². The SMILES string of the molecule is O=C(Nc1cnc2c(c1)CCCC2)NC1CC2CCC(C1)S2(=O)=O. The number of rotatable bonds is 2. The zero-order chi connectivity index (χ0) is 16.7. The van der Waals surface area contributed by atoms with Crippen LogP contribution in [0.15, 0.2) is 12.3 Å². The van der Waals surface area contributed by atoms with Gasteiger partial charge in [0.15, 0.2) is 9.84 Å². The molecule has 2 fully saturated rings. The molecule has 0 spiro atoms. The van der Waals surface area contributed by atoms with Crippen LogP contribution in [0.5, 0.6) is 0 Å². The number of nitrogens with zero attached hydrogens (tertiary/aromatic N) is 1. The minimum absolute atomic E-state index is 0.0587. The molecule has 0 radical (unpaired) electrons. The summed E-state index contributed by atoms with van der Waals surface area (Å²) in [4.78, 5) is 16.7. The van der Waals surface area contributed by atoms with Gasteiger partial charge in [-0.2, -0.15) is 0 Å². The molecule has 2 N–H and O–H groups in total. The summed E-state index contributed by atoms with van der Waals surface area (Å²) >= 11 is 0. The van der Waals surface area contributed by atoms with Crippen LogP contribution in [0.3, 0.4) is 0 Å². The summed E-state index contributed by atoms with van der Waals surface area (Å²) in [6, 6.07) is 1.68. The van der Waals surface area contributed by atoms with Crippen LogP contribution in [-0.2, 0) is 22.7 Å². The van der Waals surface area contributed by atoms with E-state index in [-0.39, 0.29) is 22.6 Å². The van der Waals surface area contributed by atoms with Gasteiger partial charge in [0.05, 0.1) is 22.4 Å². The third-order valence-corrected chi connectivity index (χ3v) is 8.31. The molecule has 2 aliphatic heterocycles. The average molecular weight is 349 g/mol. The van der Waals surface area contributed by atoms with Crippen molar-refractivity contribution in [2.45, 2.75) is 67.9 Å². The van der Waals surface area contributed by atoms with Crippen LogP contribution in [0.4, 0.5) is 10.5 Å². The first-order chi connectivity index (χ1) is 11.5. The predicted molar refractivity (Wildman–Crippen MR) is 91.8 cm³/mol. The van der Waals surface area contributed by atoms with E-state index in [4.69, 9.17) is 0 Å². The second kappa shape index (κ2) is 6.02. The Bertz CT molecular complexity index is 742. The monoisotopic (exact) mass is 349 g/mol. The molecule has 2 saturated heterocycles. The number of pyridine rings is 1. The number of sulfone groups is 1. The number of carbonyl (C=O) groups is 1. The van der Waals surface area contributed by atoms with E-state index in [0.29, 0.717) is 18.5 Å². The molecule has 7 heteroatoms. The number of urea groups is 1. The lowest BCUT2D eigenvalue weighted by Gasteiger charge is -2.28. The molecule has 6 nitrogen and oxygen atoms in total. The molecule has 24 heavy (non-hydrogen) atoms. The van der Waals surface area contributed by atoms with E-state index in [0.717, 1.165) is 31.4 Å². The molecule has 2 unspecified atom stereocenters. The minimum Gasteiger partial charge on any atom is -0.335 e. The minimum atomic E-state index is -2.95. The molecule has 1 aliphatic carbocycles. The number of aromatic nitrogens is 1. The lowest BCUT2D eigenvalue weighted by atomic mass is 9.96. The maximum atomic E-state index is 12.2. The first kappa shape index (κ1) is 15.9. The normalized spacial score (nSPS) is 30.4. The van der Waals surface area contributed by atoms with Crippen molar-refractivity contribution in [1.29, 1.82) is 0 Å². The molecular formula is C17H23N3O3S. The van der Waals surface area contributed by atoms with Gasteiger partial charge in [0.25, 0.3) is 0 Å². The van der Waals surface area contributed by atoms with Gasteiger partial charge in [0, 0.05) is 11.7 Å². The van der Waals surface area contributed by atoms with Crippen LogP contribution >= 0.6 is 0 Å². The first-order valence-corrected chi connectivity index (χ1v) is 10.4. The molecule has 130 valence electrons. The van der Waals surface area contributed by atoms with Crippen LogP contribution in [0.2, 0.25) is 0 Å². The van der Waals surface area contributed by atoms with Crippen molar-refractivity contribution in [3.63, 3.8) is 0 Å². The van der Waals surface area contributed by atoms with Crippen LogP contribution in [0, 0.1) is 0 Å². The standard InChI is InChI=1S/C17H23N3O3S/c21-17(19-12-8-14-5-6-15(9-12)24(14,22)23)20-13-7-11-3-1-2-4-16(11)18-10-13/h7,10,12,14-15H,1-6,8-9H2,(H2,19,20,21). The Balaban J connectivity index is 1.38. The van der Waals surface area contributed by atoms with Crippen LogP contribution in [-0.4, -0.2) is 36.0 Å². The van der Waals surface area contributed by atoms with Gasteiger partial charge in [-0.25, -0.2) is 13.2 Å². The van der Waals surface area contributed by atoms with Gasteiger partial charge in [-0.3, -0.25) is 4.98 Å². The number of carbonyl (C=O) groups excluding carboxylic acids is 1. The van der Waals surface area contributed by atoms with E-state index in [9.17, 15) is 13.2 Å². The molecule has 1 aromatic rings. The number of nitrogens with one attached hydrogen (secondary N) is 2. The van der Waals surface area contributed by atoms with Crippen LogP contribution in [0.25, 0.3) is 0 Å². The number of anilines is 1. The lowest BCUT2D eigenvalue weighted by molar-refractivity contribution is 0.246. The van der Waals surface area contributed by atoms with Crippen molar-refractivity contribution in [2.24, 2.45) is 0 Å². The number of amides is 2. The summed E-state index contributed by atoms with van der Waals surface area (Å²) in [7, 11) is -2.95. The Kier molecular flexibility index (Phi) is 3.98. The fraction of sp³-hybridized carbons (Fsp3) is 0.647. The van der Waals surface area contributed by atoms with Gasteiger partial charge in [0.2, 0.25) is 0 Å². The second-order valence-electron chi connectivity index (χ2n) is 7.21. The smallest absolute Gasteiger partial charge is 0.319 e. The fourth-order valence-corrected chi connectivity index (χ4v) is 6.81. The van der Waals surface area contributed by atoms with E-state index < -0.39 is 9.84 Å². The quantitative estimate of drug-likeness (QED) is 0.857. The zero-order valence-corrected chi connectivity index (χ0v) is 14.4. The molecule has 3 heterocycles. The van der Waals surface area contributed by atoms with Gasteiger partial charge < -0.3 is 10.6 Å². The fourth-order valence-electron chi connectivity index (χ4n) is 4.33. The van der Waals surface area contributed by atoms with Crippen molar-refractivity contribution in [3.8, 4) is 0 Å². The largest absolute Gasteiger partial charge is 0.335 e. The summed E-state index contributed by atoms with van der Waals surface area (Å²) < 4.78 is 24.2. The molecule has 0 saturated carbocycles. The highest BCUT2D eigenvalue weighted by molar-refractivity contribution is 7.93. The Hall–Kier alpha value is -1.63. The topological polar surface area (TPSA) is 88.2 Å². The molecule has 1 aromatic heterocycles. The van der Waals surface area contributed by atoms with Crippen LogP contribution in [0.1, 0.15) is 49.8 Å². The number of aryl methyl sites for hydroxylation is 2. The number of hydrogen-bond acceptors (Lipinski definition) is 4. The van der Waals surface area contributed by atoms with Crippen molar-refractivity contribution in [2.75, 3.05) is 5.32 Å². The van der Waals surface area contributed by atoms with Gasteiger partial charge >= 0.3 is 6.03 Å². The molecule has 3 aliphatic rings. The summed E-state index contributed by atoms with van der Waals surface area (Å²) in [5.41, 5.74) is 3.07. The van der Waals surface area contributed by atoms with Gasteiger partial charge in [0.1, 0.15) is 0 Å². The first-order valence-electron chi connectivity index (χ1n) is 8.80. The highest BCUT2D eigenvalue weighted by atomic mass is 32.2. The Labute approximate surface area is 142 Å². The maximum absolute atomic E-state index is 12.2. The van der Waals surface area contributed by atoms with Gasteiger partial charge in [-0.15, -0.1) is 0 Å². The average Bonchev–Trinajstić information content (AvgIpc) is 2.73. The summed E-state index contributed by atoms with van der Waals surface area (Å²) in [5.74, 6) is 0. The summed E-state index contributed by atoms with van der Waals surface area (Å²) in [6.45, 7) is 0. The van der Waals surface area contributed by atoms with Gasteiger partial charge in [-0.1, -0.05) is 0 Å². The lowest BCUT2D eigenvalue weighted by Crippen LogP contribution is -2.46. The number of fused-ring (bicyclic) bond motifs is 3. The predicted octanol–water partition coefficient (Wildman–Crippen LogP) is 2.19. The Morgan fingerprint density at radius 3 is 2.58 bits per heavy atom. The van der Waals surface area contributed by atoms with E-state index >= 15 is 0 Å². The van der Waals surface area contributed by atoms with Crippen molar-refractivity contribution < 1.29 is 13.2 Å². The third-order valence-electron chi connectivity index (χ3n) is 5.60. The molecular weight excluding hydrogens is 326 g/mol. The van der Waals surface area contributed by atoms with E-state index in [2.05, 4.69) is 15.6 Å². The number of hydrogen-bond donors (Lipinski definition) is 2. The van der Waals surface area contributed by atoms with E-state index in [1.54, 1.807) is 6.20 Å².